The standard InChI is InChI=1S/C14H20F3NO3/c1-20-10-13(19,7-2-8-18)9-11-3-5-12(6-4-11)21-14(15,16)17/h3-6,19H,2,7-10,18H2,1H3. The van der Waals surface area contributed by atoms with Crippen molar-refractivity contribution >= 4 is 0 Å². The second kappa shape index (κ2) is 7.63. The van der Waals surface area contributed by atoms with Gasteiger partial charge in [0.1, 0.15) is 5.75 Å². The SMILES string of the molecule is COCC(O)(CCCN)Cc1ccc(OC(F)(F)F)cc1. The van der Waals surface area contributed by atoms with Gasteiger partial charge >= 0.3 is 6.36 Å². The first-order valence-corrected chi connectivity index (χ1v) is 6.54. The van der Waals surface area contributed by atoms with E-state index in [1.165, 1.54) is 31.4 Å². The second-order valence-electron chi connectivity index (χ2n) is 4.92. The molecule has 1 atom stereocenters. The van der Waals surface area contributed by atoms with Gasteiger partial charge in [-0.2, -0.15) is 0 Å². The number of halogens is 3. The number of nitrogens with two attached hydrogens (primary N) is 1. The highest BCUT2D eigenvalue weighted by Gasteiger charge is 2.31. The lowest BCUT2D eigenvalue weighted by atomic mass is 9.90. The fourth-order valence-corrected chi connectivity index (χ4v) is 2.10. The van der Waals surface area contributed by atoms with E-state index < -0.39 is 12.0 Å². The molecule has 1 aromatic carbocycles. The lowest BCUT2D eigenvalue weighted by molar-refractivity contribution is -0.274. The van der Waals surface area contributed by atoms with Crippen molar-refractivity contribution in [1.29, 1.82) is 0 Å². The maximum Gasteiger partial charge on any atom is 0.573 e. The van der Waals surface area contributed by atoms with E-state index in [-0.39, 0.29) is 18.8 Å². The summed E-state index contributed by atoms with van der Waals surface area (Å²) in [5, 5.41) is 10.5. The van der Waals surface area contributed by atoms with Crippen molar-refractivity contribution < 1.29 is 27.8 Å². The summed E-state index contributed by atoms with van der Waals surface area (Å²) in [6, 6.07) is 5.42. The van der Waals surface area contributed by atoms with Crippen molar-refractivity contribution in [2.45, 2.75) is 31.2 Å². The number of aliphatic hydroxyl groups is 1. The van der Waals surface area contributed by atoms with E-state index in [2.05, 4.69) is 4.74 Å². The van der Waals surface area contributed by atoms with E-state index in [4.69, 9.17) is 10.5 Å². The molecule has 1 unspecified atom stereocenters. The zero-order valence-electron chi connectivity index (χ0n) is 11.8. The van der Waals surface area contributed by atoms with Crippen LogP contribution in [0, 0.1) is 0 Å². The second-order valence-corrected chi connectivity index (χ2v) is 4.92. The number of hydrogen-bond donors (Lipinski definition) is 2. The number of benzene rings is 1. The van der Waals surface area contributed by atoms with Gasteiger partial charge in [0.2, 0.25) is 0 Å². The minimum atomic E-state index is -4.71. The summed E-state index contributed by atoms with van der Waals surface area (Å²) >= 11 is 0. The quantitative estimate of drug-likeness (QED) is 0.773. The Labute approximate surface area is 121 Å². The molecule has 0 aliphatic heterocycles. The van der Waals surface area contributed by atoms with Crippen LogP contribution in [0.4, 0.5) is 13.2 Å². The number of ether oxygens (including phenoxy) is 2. The third-order valence-corrected chi connectivity index (χ3v) is 2.95. The van der Waals surface area contributed by atoms with Crippen LogP contribution >= 0.6 is 0 Å². The maximum atomic E-state index is 12.1. The van der Waals surface area contributed by atoms with E-state index in [1.54, 1.807) is 0 Å². The molecule has 0 amide bonds. The highest BCUT2D eigenvalue weighted by Crippen LogP contribution is 2.25. The first kappa shape index (κ1) is 17.7. The lowest BCUT2D eigenvalue weighted by Gasteiger charge is -2.27. The van der Waals surface area contributed by atoms with Gasteiger partial charge in [-0.3, -0.25) is 0 Å². The number of rotatable bonds is 8. The Morgan fingerprint density at radius 3 is 2.29 bits per heavy atom. The van der Waals surface area contributed by atoms with Crippen LogP contribution < -0.4 is 10.5 Å². The highest BCUT2D eigenvalue weighted by molar-refractivity contribution is 5.28. The fraction of sp³-hybridized carbons (Fsp3) is 0.571. The Bertz CT molecular complexity index is 422. The van der Waals surface area contributed by atoms with Crippen LogP contribution in [-0.2, 0) is 11.2 Å². The molecular weight excluding hydrogens is 287 g/mol. The van der Waals surface area contributed by atoms with Crippen molar-refractivity contribution in [2.24, 2.45) is 5.73 Å². The smallest absolute Gasteiger partial charge is 0.406 e. The topological polar surface area (TPSA) is 64.7 Å². The van der Waals surface area contributed by atoms with E-state index in [0.29, 0.717) is 24.9 Å². The molecule has 0 saturated heterocycles. The number of methoxy groups -OCH3 is 1. The molecule has 0 aliphatic rings. The molecule has 0 fully saturated rings. The average Bonchev–Trinajstić information content (AvgIpc) is 2.37. The first-order valence-electron chi connectivity index (χ1n) is 6.54. The molecule has 0 bridgehead atoms. The Morgan fingerprint density at radius 1 is 1.19 bits per heavy atom. The molecule has 4 nitrogen and oxygen atoms in total. The predicted octanol–water partition coefficient (Wildman–Crippen LogP) is 2.24. The van der Waals surface area contributed by atoms with Crippen LogP contribution in [0.1, 0.15) is 18.4 Å². The largest absolute Gasteiger partial charge is 0.573 e. The van der Waals surface area contributed by atoms with Gasteiger partial charge in [0, 0.05) is 13.5 Å². The molecule has 0 aliphatic carbocycles. The van der Waals surface area contributed by atoms with Crippen molar-refractivity contribution in [3.63, 3.8) is 0 Å². The Morgan fingerprint density at radius 2 is 1.81 bits per heavy atom. The minimum Gasteiger partial charge on any atom is -0.406 e. The zero-order chi connectivity index (χ0) is 15.9. The molecule has 0 spiro atoms. The summed E-state index contributed by atoms with van der Waals surface area (Å²) in [4.78, 5) is 0. The molecule has 7 heteroatoms. The van der Waals surface area contributed by atoms with Crippen LogP contribution in [-0.4, -0.2) is 37.3 Å². The van der Waals surface area contributed by atoms with Gasteiger partial charge in [0.05, 0.1) is 12.2 Å². The van der Waals surface area contributed by atoms with E-state index in [0.717, 1.165) is 0 Å². The van der Waals surface area contributed by atoms with Crippen LogP contribution in [0.2, 0.25) is 0 Å². The van der Waals surface area contributed by atoms with Gasteiger partial charge in [-0.05, 0) is 37.1 Å². The van der Waals surface area contributed by atoms with Gasteiger partial charge in [-0.15, -0.1) is 13.2 Å². The number of alkyl halides is 3. The van der Waals surface area contributed by atoms with Crippen LogP contribution in [0.25, 0.3) is 0 Å². The zero-order valence-corrected chi connectivity index (χ0v) is 11.8. The van der Waals surface area contributed by atoms with Crippen molar-refractivity contribution in [1.82, 2.24) is 0 Å². The van der Waals surface area contributed by atoms with Crippen LogP contribution in [0.5, 0.6) is 5.75 Å². The molecule has 120 valence electrons. The molecule has 0 aromatic heterocycles. The molecule has 3 N–H and O–H groups in total. The third-order valence-electron chi connectivity index (χ3n) is 2.95. The average molecular weight is 307 g/mol. The highest BCUT2D eigenvalue weighted by atomic mass is 19.4. The van der Waals surface area contributed by atoms with Crippen LogP contribution in [0.3, 0.4) is 0 Å². The van der Waals surface area contributed by atoms with Gasteiger partial charge in [-0.25, -0.2) is 0 Å². The summed E-state index contributed by atoms with van der Waals surface area (Å²) in [6.45, 7) is 0.582. The van der Waals surface area contributed by atoms with Crippen molar-refractivity contribution in [3.8, 4) is 5.75 Å². The molecular formula is C14H20F3NO3. The Balaban J connectivity index is 2.71. The van der Waals surface area contributed by atoms with Crippen molar-refractivity contribution in [3.05, 3.63) is 29.8 Å². The maximum absolute atomic E-state index is 12.1. The first-order chi connectivity index (χ1) is 9.78. The minimum absolute atomic E-state index is 0.133. The fourth-order valence-electron chi connectivity index (χ4n) is 2.10. The predicted molar refractivity (Wildman–Crippen MR) is 71.9 cm³/mol. The Kier molecular flexibility index (Phi) is 6.44. The van der Waals surface area contributed by atoms with Gasteiger partial charge in [0.25, 0.3) is 0 Å². The van der Waals surface area contributed by atoms with Crippen LogP contribution in [0.15, 0.2) is 24.3 Å². The molecule has 1 aromatic rings. The van der Waals surface area contributed by atoms with Gasteiger partial charge < -0.3 is 20.3 Å². The summed E-state index contributed by atoms with van der Waals surface area (Å²) in [7, 11) is 1.48. The normalized spacial score (nSPS) is 14.8. The summed E-state index contributed by atoms with van der Waals surface area (Å²) in [5.74, 6) is -0.288. The summed E-state index contributed by atoms with van der Waals surface area (Å²) < 4.78 is 45.0. The lowest BCUT2D eigenvalue weighted by Crippen LogP contribution is -2.37. The summed E-state index contributed by atoms with van der Waals surface area (Å²) in [6.07, 6.45) is -3.35. The van der Waals surface area contributed by atoms with E-state index in [9.17, 15) is 18.3 Å². The molecule has 0 radical (unpaired) electrons. The monoisotopic (exact) mass is 307 g/mol. The number of hydrogen-bond acceptors (Lipinski definition) is 4. The summed E-state index contributed by atoms with van der Waals surface area (Å²) in [5.41, 5.74) is 5.04. The molecule has 0 saturated carbocycles. The van der Waals surface area contributed by atoms with Gasteiger partial charge in [0.15, 0.2) is 0 Å². The van der Waals surface area contributed by atoms with Crippen molar-refractivity contribution in [2.75, 3.05) is 20.3 Å². The molecule has 1 rings (SSSR count). The molecule has 21 heavy (non-hydrogen) atoms. The van der Waals surface area contributed by atoms with Gasteiger partial charge in [-0.1, -0.05) is 12.1 Å². The molecule has 0 heterocycles. The van der Waals surface area contributed by atoms with E-state index in [1.807, 2.05) is 0 Å². The van der Waals surface area contributed by atoms with E-state index >= 15 is 0 Å². The Hall–Kier alpha value is -1.31. The third kappa shape index (κ3) is 6.79.